The van der Waals surface area contributed by atoms with Crippen molar-refractivity contribution in [1.82, 2.24) is 5.32 Å². The number of benzene rings is 1. The second kappa shape index (κ2) is 6.66. The first kappa shape index (κ1) is 14.0. The van der Waals surface area contributed by atoms with Crippen LogP contribution in [0.5, 0.6) is 0 Å². The van der Waals surface area contributed by atoms with E-state index >= 15 is 0 Å². The standard InChI is InChI=1S/C15H20FN2O/c1-11-9-13(16)5-6-14(11)18-15(19)7-4-12-3-2-8-17-10-12/h5-6,9,12H,2-4,7-8,10H2,1H3,(H,18,19). The molecule has 4 heteroatoms. The number of anilines is 1. The van der Waals surface area contributed by atoms with Gasteiger partial charge in [0.15, 0.2) is 0 Å². The van der Waals surface area contributed by atoms with E-state index in [1.54, 1.807) is 13.0 Å². The predicted octanol–water partition coefficient (Wildman–Crippen LogP) is 2.87. The summed E-state index contributed by atoms with van der Waals surface area (Å²) in [5.41, 5.74) is 1.45. The Hall–Kier alpha value is -1.42. The van der Waals surface area contributed by atoms with Crippen LogP contribution in [0.25, 0.3) is 0 Å². The summed E-state index contributed by atoms with van der Waals surface area (Å²) in [4.78, 5) is 11.9. The number of nitrogens with zero attached hydrogens (tertiary/aromatic N) is 1. The molecule has 19 heavy (non-hydrogen) atoms. The number of hydrogen-bond acceptors (Lipinski definition) is 1. The average Bonchev–Trinajstić information content (AvgIpc) is 2.41. The first-order valence-corrected chi connectivity index (χ1v) is 6.84. The van der Waals surface area contributed by atoms with Crippen molar-refractivity contribution < 1.29 is 9.18 Å². The Labute approximate surface area is 113 Å². The fourth-order valence-electron chi connectivity index (χ4n) is 2.41. The van der Waals surface area contributed by atoms with Crippen LogP contribution < -0.4 is 10.6 Å². The lowest BCUT2D eigenvalue weighted by molar-refractivity contribution is -0.116. The van der Waals surface area contributed by atoms with Gasteiger partial charge in [0, 0.05) is 25.2 Å². The number of rotatable bonds is 4. The molecule has 1 heterocycles. The second-order valence-corrected chi connectivity index (χ2v) is 5.18. The van der Waals surface area contributed by atoms with Crippen LogP contribution >= 0.6 is 0 Å². The van der Waals surface area contributed by atoms with Crippen molar-refractivity contribution in [2.75, 3.05) is 18.4 Å². The zero-order valence-corrected chi connectivity index (χ0v) is 11.3. The normalized spacial score (nSPS) is 19.2. The smallest absolute Gasteiger partial charge is 0.224 e. The molecule has 1 saturated heterocycles. The highest BCUT2D eigenvalue weighted by Gasteiger charge is 2.15. The third kappa shape index (κ3) is 4.31. The molecule has 0 saturated carbocycles. The van der Waals surface area contributed by atoms with E-state index < -0.39 is 0 Å². The number of hydrogen-bond donors (Lipinski definition) is 1. The summed E-state index contributed by atoms with van der Waals surface area (Å²) in [6.07, 6.45) is 3.71. The average molecular weight is 263 g/mol. The molecular formula is C15H20FN2O. The molecule has 1 aliphatic heterocycles. The highest BCUT2D eigenvalue weighted by molar-refractivity contribution is 5.91. The molecule has 0 bridgehead atoms. The van der Waals surface area contributed by atoms with Crippen molar-refractivity contribution in [2.45, 2.75) is 32.6 Å². The fraction of sp³-hybridized carbons (Fsp3) is 0.533. The van der Waals surface area contributed by atoms with Crippen molar-refractivity contribution in [3.63, 3.8) is 0 Å². The quantitative estimate of drug-likeness (QED) is 0.891. The molecule has 0 aliphatic carbocycles. The Balaban J connectivity index is 1.80. The maximum Gasteiger partial charge on any atom is 0.224 e. The molecular weight excluding hydrogens is 243 g/mol. The van der Waals surface area contributed by atoms with Gasteiger partial charge in [0.1, 0.15) is 5.82 Å². The summed E-state index contributed by atoms with van der Waals surface area (Å²) < 4.78 is 13.0. The van der Waals surface area contributed by atoms with Gasteiger partial charge < -0.3 is 5.32 Å². The van der Waals surface area contributed by atoms with Gasteiger partial charge in [-0.25, -0.2) is 9.71 Å². The molecule has 2 rings (SSSR count). The minimum Gasteiger partial charge on any atom is -0.326 e. The van der Waals surface area contributed by atoms with E-state index in [0.717, 1.165) is 31.5 Å². The number of nitrogens with one attached hydrogen (secondary N) is 1. The van der Waals surface area contributed by atoms with Crippen molar-refractivity contribution in [1.29, 1.82) is 0 Å². The minimum atomic E-state index is -0.278. The summed E-state index contributed by atoms with van der Waals surface area (Å²) in [5, 5.41) is 7.21. The van der Waals surface area contributed by atoms with E-state index in [2.05, 4.69) is 10.6 Å². The van der Waals surface area contributed by atoms with Crippen LogP contribution in [-0.2, 0) is 4.79 Å². The number of halogens is 1. The van der Waals surface area contributed by atoms with E-state index in [4.69, 9.17) is 0 Å². The first-order valence-electron chi connectivity index (χ1n) is 6.84. The Bertz CT molecular complexity index is 442. The third-order valence-corrected chi connectivity index (χ3v) is 3.56. The molecule has 1 aliphatic rings. The topological polar surface area (TPSA) is 43.2 Å². The van der Waals surface area contributed by atoms with Crippen molar-refractivity contribution >= 4 is 11.6 Å². The molecule has 1 aromatic carbocycles. The molecule has 1 atom stereocenters. The van der Waals surface area contributed by atoms with Crippen molar-refractivity contribution in [3.8, 4) is 0 Å². The molecule has 1 amide bonds. The maximum absolute atomic E-state index is 13.0. The summed E-state index contributed by atoms with van der Waals surface area (Å²) in [7, 11) is 0. The summed E-state index contributed by atoms with van der Waals surface area (Å²) in [5.74, 6) is 0.272. The highest BCUT2D eigenvalue weighted by Crippen LogP contribution is 2.19. The molecule has 1 N–H and O–H groups in total. The van der Waals surface area contributed by atoms with E-state index in [-0.39, 0.29) is 11.7 Å². The van der Waals surface area contributed by atoms with Gasteiger partial charge in [-0.15, -0.1) is 0 Å². The molecule has 1 fully saturated rings. The lowest BCUT2D eigenvalue weighted by Crippen LogP contribution is -2.25. The van der Waals surface area contributed by atoms with Gasteiger partial charge in [0.25, 0.3) is 0 Å². The van der Waals surface area contributed by atoms with E-state index in [9.17, 15) is 9.18 Å². The Kier molecular flexibility index (Phi) is 4.91. The number of aryl methyl sites for hydroxylation is 1. The largest absolute Gasteiger partial charge is 0.326 e. The SMILES string of the molecule is Cc1cc(F)ccc1NC(=O)CCC1CCC[N]C1. The number of piperidine rings is 1. The van der Waals surface area contributed by atoms with Crippen molar-refractivity contribution in [2.24, 2.45) is 5.92 Å². The first-order chi connectivity index (χ1) is 9.15. The molecule has 3 nitrogen and oxygen atoms in total. The molecule has 1 radical (unpaired) electrons. The van der Waals surface area contributed by atoms with E-state index in [1.165, 1.54) is 18.6 Å². The van der Waals surface area contributed by atoms with Gasteiger partial charge in [0.2, 0.25) is 5.91 Å². The molecule has 0 aromatic heterocycles. The van der Waals surface area contributed by atoms with Gasteiger partial charge in [-0.3, -0.25) is 4.79 Å². The molecule has 1 aromatic rings. The van der Waals surface area contributed by atoms with Crippen LogP contribution in [0.4, 0.5) is 10.1 Å². The van der Waals surface area contributed by atoms with E-state index in [1.807, 2.05) is 0 Å². The van der Waals surface area contributed by atoms with Gasteiger partial charge in [-0.2, -0.15) is 0 Å². The Morgan fingerprint density at radius 1 is 1.53 bits per heavy atom. The van der Waals surface area contributed by atoms with Crippen LogP contribution in [0.15, 0.2) is 18.2 Å². The highest BCUT2D eigenvalue weighted by atomic mass is 19.1. The zero-order valence-electron chi connectivity index (χ0n) is 11.3. The minimum absolute atomic E-state index is 0.000261. The van der Waals surface area contributed by atoms with Crippen LogP contribution in [0, 0.1) is 18.7 Å². The monoisotopic (exact) mass is 263 g/mol. The predicted molar refractivity (Wildman–Crippen MR) is 73.6 cm³/mol. The number of carbonyl (C=O) groups excluding carboxylic acids is 1. The second-order valence-electron chi connectivity index (χ2n) is 5.18. The third-order valence-electron chi connectivity index (χ3n) is 3.56. The lowest BCUT2D eigenvalue weighted by atomic mass is 9.94. The molecule has 1 unspecified atom stereocenters. The maximum atomic E-state index is 13.0. The lowest BCUT2D eigenvalue weighted by Gasteiger charge is -2.21. The molecule has 103 valence electrons. The summed E-state index contributed by atoms with van der Waals surface area (Å²) >= 11 is 0. The van der Waals surface area contributed by atoms with Crippen LogP contribution in [0.3, 0.4) is 0 Å². The fourth-order valence-corrected chi connectivity index (χ4v) is 2.41. The number of carbonyl (C=O) groups is 1. The Morgan fingerprint density at radius 3 is 3.05 bits per heavy atom. The zero-order chi connectivity index (χ0) is 13.7. The van der Waals surface area contributed by atoms with Crippen LogP contribution in [-0.4, -0.2) is 19.0 Å². The van der Waals surface area contributed by atoms with E-state index in [0.29, 0.717) is 18.0 Å². The molecule has 0 spiro atoms. The van der Waals surface area contributed by atoms with Gasteiger partial charge in [0.05, 0.1) is 0 Å². The van der Waals surface area contributed by atoms with Crippen molar-refractivity contribution in [3.05, 3.63) is 29.6 Å². The number of amides is 1. The van der Waals surface area contributed by atoms with Crippen LogP contribution in [0.2, 0.25) is 0 Å². The van der Waals surface area contributed by atoms with Gasteiger partial charge in [-0.1, -0.05) is 0 Å². The van der Waals surface area contributed by atoms with Crippen LogP contribution in [0.1, 0.15) is 31.2 Å². The summed E-state index contributed by atoms with van der Waals surface area (Å²) in [6.45, 7) is 3.65. The van der Waals surface area contributed by atoms with Gasteiger partial charge in [-0.05, 0) is 55.9 Å². The summed E-state index contributed by atoms with van der Waals surface area (Å²) in [6, 6.07) is 4.40. The Morgan fingerprint density at radius 2 is 2.37 bits per heavy atom. The van der Waals surface area contributed by atoms with Gasteiger partial charge >= 0.3 is 0 Å².